The Morgan fingerprint density at radius 2 is 1.52 bits per heavy atom. The number of hydrogen-bond donors (Lipinski definition) is 0. The summed E-state index contributed by atoms with van der Waals surface area (Å²) >= 11 is 10.5. The molecule has 2 aromatic heterocycles. The molecular formula is C32H32ClFN4OSSeSi. The number of alkyl halides is 1. The predicted octanol–water partition coefficient (Wildman–Crippen LogP) is 5.94. The molecule has 0 bridgehead atoms. The Hall–Kier alpha value is -2.52. The van der Waals surface area contributed by atoms with Crippen molar-refractivity contribution in [2.75, 3.05) is 6.61 Å². The average molecular weight is 682 g/mol. The van der Waals surface area contributed by atoms with Gasteiger partial charge in [0.15, 0.2) is 0 Å². The number of thioether (sulfide) groups is 1. The van der Waals surface area contributed by atoms with Gasteiger partial charge in [0.25, 0.3) is 0 Å². The number of halogens is 2. The Morgan fingerprint density at radius 3 is 2.10 bits per heavy atom. The van der Waals surface area contributed by atoms with Crippen LogP contribution < -0.4 is 10.4 Å². The second-order valence-corrected chi connectivity index (χ2v) is 19.8. The maximum absolute atomic E-state index is 17.8. The second-order valence-electron chi connectivity index (χ2n) is 11.6. The van der Waals surface area contributed by atoms with Crippen LogP contribution >= 0.6 is 23.4 Å². The van der Waals surface area contributed by atoms with Crippen LogP contribution in [0.25, 0.3) is 11.2 Å². The molecule has 0 aliphatic carbocycles. The summed E-state index contributed by atoms with van der Waals surface area (Å²) < 4.78 is 25.8. The van der Waals surface area contributed by atoms with Crippen LogP contribution in [0.4, 0.5) is 4.39 Å². The zero-order chi connectivity index (χ0) is 29.6. The monoisotopic (exact) mass is 682 g/mol. The molecule has 0 saturated carbocycles. The van der Waals surface area contributed by atoms with Gasteiger partial charge in [0, 0.05) is 0 Å². The molecule has 0 spiro atoms. The van der Waals surface area contributed by atoms with E-state index in [1.807, 2.05) is 42.5 Å². The van der Waals surface area contributed by atoms with Gasteiger partial charge in [-0.1, -0.05) is 0 Å². The quantitative estimate of drug-likeness (QED) is 0.157. The minimum atomic E-state index is -2.80. The van der Waals surface area contributed by atoms with Crippen LogP contribution in [0.2, 0.25) is 10.2 Å². The van der Waals surface area contributed by atoms with Crippen molar-refractivity contribution in [2.24, 2.45) is 0 Å². The van der Waals surface area contributed by atoms with E-state index in [1.54, 1.807) is 22.7 Å². The van der Waals surface area contributed by atoms with Crippen molar-refractivity contribution in [2.45, 2.75) is 46.9 Å². The Bertz CT molecular complexity index is 1650. The molecule has 5 nitrogen and oxygen atoms in total. The summed E-state index contributed by atoms with van der Waals surface area (Å²) in [5.41, 5.74) is -0.209. The van der Waals surface area contributed by atoms with E-state index in [4.69, 9.17) is 16.0 Å². The molecule has 216 valence electrons. The normalized spacial score (nSPS) is 23.0. The fourth-order valence-electron chi connectivity index (χ4n) is 6.17. The molecular weight excluding hydrogens is 650 g/mol. The fraction of sp³-hybridized carbons (Fsp3) is 0.281. The van der Waals surface area contributed by atoms with Gasteiger partial charge >= 0.3 is 265 Å². The third-order valence-electron chi connectivity index (χ3n) is 8.11. The van der Waals surface area contributed by atoms with Crippen molar-refractivity contribution in [1.29, 1.82) is 0 Å². The molecule has 3 aromatic carbocycles. The summed E-state index contributed by atoms with van der Waals surface area (Å²) in [7, 11) is -2.80. The molecule has 1 aliphatic heterocycles. The number of fused-ring (bicyclic) bond motifs is 1. The number of nitrogens with zero attached hydrogens (tertiary/aromatic N) is 4. The van der Waals surface area contributed by atoms with Crippen molar-refractivity contribution in [3.63, 3.8) is 0 Å². The first kappa shape index (κ1) is 29.5. The molecule has 1 fully saturated rings. The summed E-state index contributed by atoms with van der Waals surface area (Å²) in [4.78, 5) is 13.0. The van der Waals surface area contributed by atoms with Crippen LogP contribution in [-0.4, -0.2) is 55.7 Å². The minimum absolute atomic E-state index is 0.158. The van der Waals surface area contributed by atoms with E-state index in [0.29, 0.717) is 23.3 Å². The predicted molar refractivity (Wildman–Crippen MR) is 174 cm³/mol. The number of aromatic nitrogens is 4. The van der Waals surface area contributed by atoms with Crippen LogP contribution in [0, 0.1) is 0 Å². The van der Waals surface area contributed by atoms with Crippen molar-refractivity contribution < 1.29 is 8.82 Å². The number of benzene rings is 3. The maximum atomic E-state index is 17.8. The number of imidazole rings is 1. The molecule has 0 N–H and O–H groups in total. The fourth-order valence-corrected chi connectivity index (χ4v) is 14.3. The molecule has 10 heteroatoms. The van der Waals surface area contributed by atoms with Crippen LogP contribution in [0.1, 0.15) is 32.8 Å². The summed E-state index contributed by atoms with van der Waals surface area (Å²) in [6.45, 7) is 7.16. The molecule has 42 heavy (non-hydrogen) atoms. The van der Waals surface area contributed by atoms with Gasteiger partial charge in [-0.15, -0.1) is 0 Å². The van der Waals surface area contributed by atoms with Crippen LogP contribution in [-0.2, 0) is 13.9 Å². The third kappa shape index (κ3) is 4.75. The van der Waals surface area contributed by atoms with Crippen molar-refractivity contribution in [1.82, 2.24) is 19.5 Å². The van der Waals surface area contributed by atoms with Crippen molar-refractivity contribution in [3.8, 4) is 0 Å². The van der Waals surface area contributed by atoms with Crippen molar-refractivity contribution in [3.05, 3.63) is 114 Å². The summed E-state index contributed by atoms with van der Waals surface area (Å²) in [6.07, 6.45) is 3.27. The van der Waals surface area contributed by atoms with Gasteiger partial charge in [0.2, 0.25) is 0 Å². The van der Waals surface area contributed by atoms with Gasteiger partial charge in [-0.25, -0.2) is 0 Å². The second kappa shape index (κ2) is 11.2. The first-order chi connectivity index (χ1) is 20.1. The number of rotatable bonds is 7. The van der Waals surface area contributed by atoms with E-state index < -0.39 is 17.8 Å². The van der Waals surface area contributed by atoms with E-state index in [2.05, 4.69) is 100 Å². The average Bonchev–Trinajstić information content (AvgIpc) is 3.55. The van der Waals surface area contributed by atoms with E-state index in [9.17, 15) is 0 Å². The van der Waals surface area contributed by atoms with Crippen LogP contribution in [0.15, 0.2) is 104 Å². The molecule has 0 radical (unpaired) electrons. The first-order valence-electron chi connectivity index (χ1n) is 13.8. The van der Waals surface area contributed by atoms with Gasteiger partial charge in [-0.3, -0.25) is 0 Å². The Labute approximate surface area is 264 Å². The summed E-state index contributed by atoms with van der Waals surface area (Å²) in [6, 6.07) is 30.5. The Morgan fingerprint density at radius 1 is 0.952 bits per heavy atom. The first-order valence-corrected chi connectivity index (χ1v) is 17.9. The summed E-state index contributed by atoms with van der Waals surface area (Å²) in [5.74, 6) is 0. The van der Waals surface area contributed by atoms with Gasteiger partial charge in [0.05, 0.1) is 0 Å². The van der Waals surface area contributed by atoms with Gasteiger partial charge < -0.3 is 0 Å². The summed E-state index contributed by atoms with van der Waals surface area (Å²) in [5, 5.41) is 2.31. The van der Waals surface area contributed by atoms with E-state index >= 15 is 4.39 Å². The Kier molecular flexibility index (Phi) is 7.88. The number of hydrogen-bond acceptors (Lipinski definition) is 5. The van der Waals surface area contributed by atoms with E-state index in [-0.39, 0.29) is 21.9 Å². The van der Waals surface area contributed by atoms with E-state index in [1.165, 1.54) is 16.7 Å². The topological polar surface area (TPSA) is 52.8 Å². The molecule has 3 heterocycles. The van der Waals surface area contributed by atoms with Crippen molar-refractivity contribution >= 4 is 69.2 Å². The molecule has 3 atom stereocenters. The SMILES string of the molecule is CC(C)(C)[Si](OC[C@H]1C[C@](F)(c2ccccc2)[C@]([SeH])(n2cnc3c(Cl)ncnc32)S1)(c1ccccc1)c1ccccc1. The van der Waals surface area contributed by atoms with Gasteiger partial charge in [0.1, 0.15) is 0 Å². The molecule has 1 saturated heterocycles. The van der Waals surface area contributed by atoms with E-state index in [0.717, 1.165) is 0 Å². The molecule has 5 aromatic rings. The molecule has 0 unspecified atom stereocenters. The Balaban J connectivity index is 1.43. The van der Waals surface area contributed by atoms with Crippen LogP contribution in [0.3, 0.4) is 0 Å². The molecule has 0 amide bonds. The zero-order valence-corrected chi connectivity index (χ0v) is 28.1. The van der Waals surface area contributed by atoms with Gasteiger partial charge in [-0.05, 0) is 0 Å². The molecule has 6 rings (SSSR count). The molecule has 1 aliphatic rings. The third-order valence-corrected chi connectivity index (χ3v) is 16.7. The van der Waals surface area contributed by atoms with Crippen LogP contribution in [0.5, 0.6) is 0 Å². The zero-order valence-electron chi connectivity index (χ0n) is 23.6. The standard InChI is InChI=1S/C32H32ClFN4OSSeSi/c1-30(2,3)42(25-15-9-5-10-16-25,26-17-11-6-12-18-26)39-20-24-19-31(34,23-13-7-4-8-14-23)32(41,40-24)38-22-37-27-28(33)35-21-36-29(27)38/h4-18,21-22,24,41H,19-20H2,1-3H3/t24-,31+,32+/m1/s1. The van der Waals surface area contributed by atoms with Gasteiger partial charge in [-0.2, -0.15) is 0 Å².